The van der Waals surface area contributed by atoms with Crippen LogP contribution in [0, 0.1) is 5.92 Å². The molecule has 2 atom stereocenters. The number of ether oxygens (including phenoxy) is 2. The van der Waals surface area contributed by atoms with Crippen LogP contribution in [0.4, 0.5) is 0 Å². The Hall–Kier alpha value is -0.830. The summed E-state index contributed by atoms with van der Waals surface area (Å²) in [6.07, 6.45) is 7.03. The van der Waals surface area contributed by atoms with Crippen molar-refractivity contribution in [3.8, 4) is 0 Å². The fraction of sp³-hybridized carbons (Fsp3) is 0.786. The fourth-order valence-electron chi connectivity index (χ4n) is 1.88. The highest BCUT2D eigenvalue weighted by molar-refractivity contribution is 5.81. The molecular weight excluding hydrogens is 216 g/mol. The van der Waals surface area contributed by atoms with Gasteiger partial charge in [0.15, 0.2) is 0 Å². The third-order valence-electron chi connectivity index (χ3n) is 3.16. The maximum atomic E-state index is 11.1. The van der Waals surface area contributed by atoms with Crippen LogP contribution in [0.1, 0.15) is 47.0 Å². The van der Waals surface area contributed by atoms with Gasteiger partial charge in [0, 0.05) is 6.08 Å². The van der Waals surface area contributed by atoms with E-state index in [1.165, 1.54) is 6.08 Å². The molecule has 1 heterocycles. The highest BCUT2D eigenvalue weighted by Gasteiger charge is 2.46. The second-order valence-corrected chi connectivity index (χ2v) is 5.28. The lowest BCUT2D eigenvalue weighted by atomic mass is 9.97. The van der Waals surface area contributed by atoms with Crippen LogP contribution in [0.3, 0.4) is 0 Å². The van der Waals surface area contributed by atoms with E-state index in [1.54, 1.807) is 0 Å². The molecule has 1 fully saturated rings. The number of carbonyl (C=O) groups excluding carboxylic acids is 1. The number of carbonyl (C=O) groups is 1. The quantitative estimate of drug-likeness (QED) is 0.390. The summed E-state index contributed by atoms with van der Waals surface area (Å²) in [4.78, 5) is 11.1. The van der Waals surface area contributed by atoms with E-state index in [0.717, 1.165) is 19.3 Å². The lowest BCUT2D eigenvalue weighted by Gasteiger charge is -2.07. The van der Waals surface area contributed by atoms with Gasteiger partial charge in [0.25, 0.3) is 0 Å². The molecule has 1 aliphatic rings. The van der Waals surface area contributed by atoms with Crippen LogP contribution in [-0.4, -0.2) is 24.3 Å². The summed E-state index contributed by atoms with van der Waals surface area (Å²) >= 11 is 0. The minimum absolute atomic E-state index is 0.0977. The van der Waals surface area contributed by atoms with Gasteiger partial charge in [-0.2, -0.15) is 0 Å². The lowest BCUT2D eigenvalue weighted by Crippen LogP contribution is -2.05. The second-order valence-electron chi connectivity index (χ2n) is 5.28. The largest absolute Gasteiger partial charge is 0.463 e. The topological polar surface area (TPSA) is 38.8 Å². The molecular formula is C14H24O3. The van der Waals surface area contributed by atoms with Gasteiger partial charge in [-0.1, -0.05) is 13.0 Å². The molecule has 1 unspecified atom stereocenters. The van der Waals surface area contributed by atoms with Crippen LogP contribution in [-0.2, 0) is 14.3 Å². The van der Waals surface area contributed by atoms with Gasteiger partial charge in [-0.3, -0.25) is 0 Å². The zero-order valence-corrected chi connectivity index (χ0v) is 11.4. The number of hydrogen-bond acceptors (Lipinski definition) is 3. The van der Waals surface area contributed by atoms with E-state index in [4.69, 9.17) is 9.47 Å². The zero-order valence-electron chi connectivity index (χ0n) is 11.4. The molecule has 17 heavy (non-hydrogen) atoms. The molecule has 1 saturated heterocycles. The molecule has 0 bridgehead atoms. The van der Waals surface area contributed by atoms with E-state index in [9.17, 15) is 4.79 Å². The molecule has 1 aliphatic heterocycles. The maximum absolute atomic E-state index is 11.1. The number of esters is 1. The van der Waals surface area contributed by atoms with E-state index in [1.807, 2.05) is 13.0 Å². The van der Waals surface area contributed by atoms with Crippen molar-refractivity contribution in [2.24, 2.45) is 5.92 Å². The Morgan fingerprint density at radius 3 is 2.71 bits per heavy atom. The van der Waals surface area contributed by atoms with Gasteiger partial charge < -0.3 is 9.47 Å². The highest BCUT2D eigenvalue weighted by atomic mass is 16.6. The van der Waals surface area contributed by atoms with Gasteiger partial charge >= 0.3 is 5.97 Å². The predicted octanol–water partition coefficient (Wildman–Crippen LogP) is 3.09. The van der Waals surface area contributed by atoms with Crippen molar-refractivity contribution in [2.45, 2.75) is 58.7 Å². The Bertz CT molecular complexity index is 281. The molecule has 0 aromatic heterocycles. The van der Waals surface area contributed by atoms with Crippen molar-refractivity contribution in [1.82, 2.24) is 0 Å². The minimum atomic E-state index is -0.244. The van der Waals surface area contributed by atoms with E-state index < -0.39 is 0 Å². The van der Waals surface area contributed by atoms with Crippen molar-refractivity contribution in [3.63, 3.8) is 0 Å². The SMILES string of the molecule is CCOC(=O)C=CC[C@H](C)CCC1OC1(C)C. The molecule has 98 valence electrons. The molecule has 0 spiro atoms. The van der Waals surface area contributed by atoms with Gasteiger partial charge in [-0.15, -0.1) is 0 Å². The summed E-state index contributed by atoms with van der Waals surface area (Å²) in [7, 11) is 0. The lowest BCUT2D eigenvalue weighted by molar-refractivity contribution is -0.137. The number of hydrogen-bond donors (Lipinski definition) is 0. The summed E-state index contributed by atoms with van der Waals surface area (Å²) in [6.45, 7) is 8.70. The first-order valence-electron chi connectivity index (χ1n) is 6.46. The van der Waals surface area contributed by atoms with Gasteiger partial charge in [0.1, 0.15) is 0 Å². The molecule has 0 N–H and O–H groups in total. The monoisotopic (exact) mass is 240 g/mol. The zero-order chi connectivity index (χ0) is 12.9. The molecule has 0 radical (unpaired) electrons. The molecule has 0 aromatic rings. The smallest absolute Gasteiger partial charge is 0.330 e. The first kappa shape index (κ1) is 14.2. The standard InChI is InChI=1S/C14H24O3/c1-5-16-13(15)8-6-7-11(2)9-10-12-14(3,4)17-12/h6,8,11-12H,5,7,9-10H2,1-4H3/t11-,12?/m0/s1. The summed E-state index contributed by atoms with van der Waals surface area (Å²) in [5, 5.41) is 0. The van der Waals surface area contributed by atoms with Crippen LogP contribution in [0.2, 0.25) is 0 Å². The van der Waals surface area contributed by atoms with Crippen LogP contribution >= 0.6 is 0 Å². The Labute approximate surface area is 104 Å². The molecule has 0 amide bonds. The van der Waals surface area contributed by atoms with E-state index in [0.29, 0.717) is 18.6 Å². The molecule has 0 aliphatic carbocycles. The third-order valence-corrected chi connectivity index (χ3v) is 3.16. The Kier molecular flexibility index (Phi) is 5.19. The Balaban J connectivity index is 2.09. The minimum Gasteiger partial charge on any atom is -0.463 e. The predicted molar refractivity (Wildman–Crippen MR) is 67.7 cm³/mol. The molecule has 0 saturated carbocycles. The summed E-state index contributed by atoms with van der Waals surface area (Å²) < 4.78 is 10.4. The maximum Gasteiger partial charge on any atom is 0.330 e. The van der Waals surface area contributed by atoms with Crippen LogP contribution < -0.4 is 0 Å². The van der Waals surface area contributed by atoms with Gasteiger partial charge in [-0.05, 0) is 46.0 Å². The number of rotatable bonds is 7. The molecule has 1 rings (SSSR count). The Morgan fingerprint density at radius 1 is 1.53 bits per heavy atom. The average Bonchev–Trinajstić information content (AvgIpc) is 2.84. The van der Waals surface area contributed by atoms with Crippen LogP contribution in [0.5, 0.6) is 0 Å². The first-order chi connectivity index (χ1) is 7.95. The van der Waals surface area contributed by atoms with Crippen molar-refractivity contribution in [2.75, 3.05) is 6.61 Å². The van der Waals surface area contributed by atoms with Crippen molar-refractivity contribution < 1.29 is 14.3 Å². The number of epoxide rings is 1. The average molecular weight is 240 g/mol. The van der Waals surface area contributed by atoms with Gasteiger partial charge in [0.05, 0.1) is 18.3 Å². The van der Waals surface area contributed by atoms with Crippen molar-refractivity contribution >= 4 is 5.97 Å². The molecule has 3 heteroatoms. The number of allylic oxidation sites excluding steroid dienone is 1. The van der Waals surface area contributed by atoms with Crippen LogP contribution in [0.25, 0.3) is 0 Å². The van der Waals surface area contributed by atoms with E-state index >= 15 is 0 Å². The molecule has 0 aromatic carbocycles. The van der Waals surface area contributed by atoms with Gasteiger partial charge in [0.2, 0.25) is 0 Å². The summed E-state index contributed by atoms with van der Waals surface area (Å²) in [5.41, 5.74) is 0.0977. The molecule has 3 nitrogen and oxygen atoms in total. The van der Waals surface area contributed by atoms with Crippen molar-refractivity contribution in [3.05, 3.63) is 12.2 Å². The normalized spacial score (nSPS) is 23.6. The van der Waals surface area contributed by atoms with Crippen LogP contribution in [0.15, 0.2) is 12.2 Å². The van der Waals surface area contributed by atoms with Crippen molar-refractivity contribution in [1.29, 1.82) is 0 Å². The highest BCUT2D eigenvalue weighted by Crippen LogP contribution is 2.39. The Morgan fingerprint density at radius 2 is 2.18 bits per heavy atom. The van der Waals surface area contributed by atoms with E-state index in [-0.39, 0.29) is 11.6 Å². The van der Waals surface area contributed by atoms with E-state index in [2.05, 4.69) is 20.8 Å². The summed E-state index contributed by atoms with van der Waals surface area (Å²) in [5.74, 6) is 0.340. The first-order valence-corrected chi connectivity index (χ1v) is 6.46. The van der Waals surface area contributed by atoms with Gasteiger partial charge in [-0.25, -0.2) is 4.79 Å². The summed E-state index contributed by atoms with van der Waals surface area (Å²) in [6, 6.07) is 0. The fourth-order valence-corrected chi connectivity index (χ4v) is 1.88. The third kappa shape index (κ3) is 5.35. The second kappa shape index (κ2) is 6.20.